The fourth-order valence-electron chi connectivity index (χ4n) is 1.54. The second-order valence-electron chi connectivity index (χ2n) is 3.95. The molecule has 0 heterocycles. The Morgan fingerprint density at radius 2 is 1.67 bits per heavy atom. The lowest BCUT2D eigenvalue weighted by molar-refractivity contribution is 0.429. The van der Waals surface area contributed by atoms with Gasteiger partial charge in [0.1, 0.15) is 0 Å². The second-order valence-corrected chi connectivity index (χ2v) is 6.64. The van der Waals surface area contributed by atoms with Gasteiger partial charge in [0.05, 0.1) is 4.90 Å². The fourth-order valence-corrected chi connectivity index (χ4v) is 3.44. The predicted molar refractivity (Wildman–Crippen MR) is 76.0 cm³/mol. The van der Waals surface area contributed by atoms with E-state index in [2.05, 4.69) is 0 Å². The van der Waals surface area contributed by atoms with Crippen LogP contribution < -0.4 is 0 Å². The molecule has 0 amide bonds. The van der Waals surface area contributed by atoms with Gasteiger partial charge in [-0.25, -0.2) is 8.42 Å². The van der Waals surface area contributed by atoms with Crippen LogP contribution in [0.1, 0.15) is 12.0 Å². The van der Waals surface area contributed by atoms with E-state index in [4.69, 9.17) is 23.2 Å². The van der Waals surface area contributed by atoms with Crippen molar-refractivity contribution in [2.24, 2.45) is 0 Å². The molecule has 3 nitrogen and oxygen atoms in total. The number of rotatable bonds is 7. The highest BCUT2D eigenvalue weighted by Gasteiger charge is 2.23. The third kappa shape index (κ3) is 4.12. The van der Waals surface area contributed by atoms with Gasteiger partial charge in [0.25, 0.3) is 0 Å². The molecular weight excluding hydrogens is 293 g/mol. The molecule has 0 unspecified atom stereocenters. The van der Waals surface area contributed by atoms with Crippen LogP contribution in [0.15, 0.2) is 29.2 Å². The maximum absolute atomic E-state index is 12.4. The van der Waals surface area contributed by atoms with Crippen molar-refractivity contribution in [2.75, 3.05) is 24.8 Å². The minimum absolute atomic E-state index is 0.271. The van der Waals surface area contributed by atoms with Gasteiger partial charge in [-0.1, -0.05) is 17.7 Å². The first-order chi connectivity index (χ1) is 8.52. The molecule has 0 spiro atoms. The molecule has 1 aromatic carbocycles. The average Bonchev–Trinajstić information content (AvgIpc) is 2.35. The topological polar surface area (TPSA) is 37.4 Å². The van der Waals surface area contributed by atoms with E-state index in [1.165, 1.54) is 4.31 Å². The van der Waals surface area contributed by atoms with Gasteiger partial charge in [-0.05, 0) is 25.5 Å². The molecular formula is C12H17Cl2NO2S. The van der Waals surface area contributed by atoms with Crippen LogP contribution >= 0.6 is 23.2 Å². The molecule has 0 aliphatic heterocycles. The van der Waals surface area contributed by atoms with Crippen LogP contribution in [0.2, 0.25) is 0 Å². The fraction of sp³-hybridized carbons (Fsp3) is 0.500. The highest BCUT2D eigenvalue weighted by Crippen LogP contribution is 2.16. The van der Waals surface area contributed by atoms with Crippen LogP contribution in [0.5, 0.6) is 0 Å². The van der Waals surface area contributed by atoms with Crippen LogP contribution in [0, 0.1) is 6.92 Å². The van der Waals surface area contributed by atoms with Crippen LogP contribution in [-0.2, 0) is 10.0 Å². The highest BCUT2D eigenvalue weighted by atomic mass is 35.5. The largest absolute Gasteiger partial charge is 0.243 e. The molecule has 0 aliphatic rings. The molecule has 102 valence electrons. The summed E-state index contributed by atoms with van der Waals surface area (Å²) < 4.78 is 26.1. The first-order valence-corrected chi connectivity index (χ1v) is 8.22. The highest BCUT2D eigenvalue weighted by molar-refractivity contribution is 7.89. The Labute approximate surface area is 119 Å². The van der Waals surface area contributed by atoms with E-state index in [0.717, 1.165) is 5.56 Å². The maximum Gasteiger partial charge on any atom is 0.243 e. The Morgan fingerprint density at radius 3 is 2.17 bits per heavy atom. The van der Waals surface area contributed by atoms with E-state index >= 15 is 0 Å². The number of sulfonamides is 1. The Balaban J connectivity index is 2.96. The van der Waals surface area contributed by atoms with E-state index in [0.29, 0.717) is 30.3 Å². The first-order valence-electron chi connectivity index (χ1n) is 5.71. The summed E-state index contributed by atoms with van der Waals surface area (Å²) in [6.07, 6.45) is 0.615. The number of hydrogen-bond acceptors (Lipinski definition) is 2. The zero-order valence-electron chi connectivity index (χ0n) is 10.3. The number of alkyl halides is 2. The maximum atomic E-state index is 12.4. The second kappa shape index (κ2) is 7.34. The molecule has 0 radical (unpaired) electrons. The number of aryl methyl sites for hydroxylation is 1. The predicted octanol–water partition coefficient (Wildman–Crippen LogP) is 2.85. The van der Waals surface area contributed by atoms with Crippen molar-refractivity contribution in [3.63, 3.8) is 0 Å². The lowest BCUT2D eigenvalue weighted by Crippen LogP contribution is -2.34. The monoisotopic (exact) mass is 309 g/mol. The van der Waals surface area contributed by atoms with E-state index in [1.807, 2.05) is 6.92 Å². The third-order valence-electron chi connectivity index (χ3n) is 2.53. The summed E-state index contributed by atoms with van der Waals surface area (Å²) in [7, 11) is -3.46. The van der Waals surface area contributed by atoms with E-state index in [9.17, 15) is 8.42 Å². The van der Waals surface area contributed by atoms with Crippen LogP contribution in [0.25, 0.3) is 0 Å². The standard InChI is InChI=1S/C12H17Cl2NO2S/c1-11-3-5-12(6-4-11)18(16,17)15(10-8-14)9-2-7-13/h3-6H,2,7-10H2,1H3. The quantitative estimate of drug-likeness (QED) is 0.726. The minimum Gasteiger partial charge on any atom is -0.207 e. The Morgan fingerprint density at radius 1 is 1.06 bits per heavy atom. The summed E-state index contributed by atoms with van der Waals surface area (Å²) in [5.74, 6) is 0.704. The van der Waals surface area contributed by atoms with Crippen LogP contribution in [-0.4, -0.2) is 37.6 Å². The van der Waals surface area contributed by atoms with E-state index < -0.39 is 10.0 Å². The molecule has 0 N–H and O–H groups in total. The zero-order valence-corrected chi connectivity index (χ0v) is 12.6. The molecule has 1 rings (SSSR count). The molecule has 0 bridgehead atoms. The smallest absolute Gasteiger partial charge is 0.207 e. The lowest BCUT2D eigenvalue weighted by Gasteiger charge is -2.20. The third-order valence-corrected chi connectivity index (χ3v) is 4.88. The normalized spacial score (nSPS) is 12.0. The number of benzene rings is 1. The van der Waals surface area contributed by atoms with Gasteiger partial charge in [-0.3, -0.25) is 0 Å². The summed E-state index contributed by atoms with van der Waals surface area (Å²) >= 11 is 11.3. The van der Waals surface area contributed by atoms with Crippen molar-refractivity contribution in [3.8, 4) is 0 Å². The number of hydrogen-bond donors (Lipinski definition) is 0. The van der Waals surface area contributed by atoms with Crippen molar-refractivity contribution in [3.05, 3.63) is 29.8 Å². The Bertz CT molecular complexity index is 459. The Kier molecular flexibility index (Phi) is 6.43. The van der Waals surface area contributed by atoms with Gasteiger partial charge >= 0.3 is 0 Å². The van der Waals surface area contributed by atoms with E-state index in [1.54, 1.807) is 24.3 Å². The summed E-state index contributed by atoms with van der Waals surface area (Å²) in [5.41, 5.74) is 1.03. The van der Waals surface area contributed by atoms with Gasteiger partial charge in [-0.2, -0.15) is 4.31 Å². The van der Waals surface area contributed by atoms with Crippen molar-refractivity contribution >= 4 is 33.2 Å². The first kappa shape index (κ1) is 15.8. The number of nitrogens with zero attached hydrogens (tertiary/aromatic N) is 1. The van der Waals surface area contributed by atoms with Crippen LogP contribution in [0.4, 0.5) is 0 Å². The van der Waals surface area contributed by atoms with Crippen molar-refractivity contribution in [1.82, 2.24) is 4.31 Å². The Hall–Kier alpha value is -0.290. The molecule has 6 heteroatoms. The molecule has 0 aromatic heterocycles. The SMILES string of the molecule is Cc1ccc(S(=O)(=O)N(CCCl)CCCCl)cc1. The average molecular weight is 310 g/mol. The summed E-state index contributed by atoms with van der Waals surface area (Å²) in [5, 5.41) is 0. The van der Waals surface area contributed by atoms with Crippen molar-refractivity contribution < 1.29 is 8.42 Å². The number of halogens is 2. The van der Waals surface area contributed by atoms with Gasteiger partial charge < -0.3 is 0 Å². The van der Waals surface area contributed by atoms with Gasteiger partial charge in [-0.15, -0.1) is 23.2 Å². The minimum atomic E-state index is -3.46. The lowest BCUT2D eigenvalue weighted by atomic mass is 10.2. The summed E-state index contributed by atoms with van der Waals surface area (Å²) in [6.45, 7) is 2.61. The molecule has 0 atom stereocenters. The van der Waals surface area contributed by atoms with Crippen molar-refractivity contribution in [2.45, 2.75) is 18.2 Å². The van der Waals surface area contributed by atoms with Crippen molar-refractivity contribution in [1.29, 1.82) is 0 Å². The summed E-state index contributed by atoms with van der Waals surface area (Å²) in [6, 6.07) is 6.81. The van der Waals surface area contributed by atoms with Gasteiger partial charge in [0, 0.05) is 24.8 Å². The van der Waals surface area contributed by atoms with Gasteiger partial charge in [0.2, 0.25) is 10.0 Å². The van der Waals surface area contributed by atoms with Crippen LogP contribution in [0.3, 0.4) is 0 Å². The zero-order chi connectivity index (χ0) is 13.6. The summed E-state index contributed by atoms with van der Waals surface area (Å²) in [4.78, 5) is 0.299. The molecule has 0 saturated heterocycles. The molecule has 0 saturated carbocycles. The van der Waals surface area contributed by atoms with E-state index in [-0.39, 0.29) is 5.88 Å². The van der Waals surface area contributed by atoms with Gasteiger partial charge in [0.15, 0.2) is 0 Å². The molecule has 0 aliphatic carbocycles. The molecule has 1 aromatic rings. The molecule has 0 fully saturated rings. The molecule has 18 heavy (non-hydrogen) atoms.